The first-order chi connectivity index (χ1) is 8.81. The Morgan fingerprint density at radius 1 is 1.22 bits per heavy atom. The molecule has 2 aromatic rings. The van der Waals surface area contributed by atoms with E-state index in [0.29, 0.717) is 12.1 Å². The van der Waals surface area contributed by atoms with E-state index in [1.165, 1.54) is 0 Å². The third-order valence-corrected chi connectivity index (χ3v) is 2.79. The highest BCUT2D eigenvalue weighted by molar-refractivity contribution is 5.62. The Morgan fingerprint density at radius 2 is 2.11 bits per heavy atom. The van der Waals surface area contributed by atoms with Crippen LogP contribution >= 0.6 is 0 Å². The predicted octanol–water partition coefficient (Wildman–Crippen LogP) is 3.39. The van der Waals surface area contributed by atoms with Crippen molar-refractivity contribution in [2.75, 3.05) is 6.54 Å². The summed E-state index contributed by atoms with van der Waals surface area (Å²) >= 11 is 0. The van der Waals surface area contributed by atoms with Crippen molar-refractivity contribution in [1.82, 2.24) is 10.3 Å². The molecule has 0 unspecified atom stereocenters. The predicted molar refractivity (Wildman–Crippen MR) is 71.6 cm³/mol. The van der Waals surface area contributed by atoms with E-state index in [-0.39, 0.29) is 5.82 Å². The molecule has 0 aliphatic carbocycles. The van der Waals surface area contributed by atoms with E-state index in [4.69, 9.17) is 0 Å². The first-order valence-electron chi connectivity index (χ1n) is 6.21. The van der Waals surface area contributed by atoms with Gasteiger partial charge in [0.2, 0.25) is 0 Å². The summed E-state index contributed by atoms with van der Waals surface area (Å²) in [6.07, 6.45) is 4.50. The normalized spacial score (nSPS) is 10.6. The average molecular weight is 244 g/mol. The molecular weight excluding hydrogens is 227 g/mol. The van der Waals surface area contributed by atoms with Gasteiger partial charge < -0.3 is 5.32 Å². The van der Waals surface area contributed by atoms with E-state index in [2.05, 4.69) is 17.2 Å². The van der Waals surface area contributed by atoms with Gasteiger partial charge in [0.05, 0.1) is 0 Å². The van der Waals surface area contributed by atoms with Crippen molar-refractivity contribution in [3.05, 3.63) is 54.1 Å². The van der Waals surface area contributed by atoms with Gasteiger partial charge >= 0.3 is 0 Å². The van der Waals surface area contributed by atoms with Gasteiger partial charge in [-0.3, -0.25) is 4.98 Å². The van der Waals surface area contributed by atoms with Crippen LogP contribution in [0.3, 0.4) is 0 Å². The maximum Gasteiger partial charge on any atom is 0.128 e. The number of rotatable bonds is 5. The Kier molecular flexibility index (Phi) is 4.42. The van der Waals surface area contributed by atoms with E-state index < -0.39 is 0 Å². The molecule has 94 valence electrons. The molecule has 0 aliphatic heterocycles. The zero-order valence-electron chi connectivity index (χ0n) is 10.5. The summed E-state index contributed by atoms with van der Waals surface area (Å²) in [6, 6.07) is 9.12. The van der Waals surface area contributed by atoms with Crippen LogP contribution in [0.1, 0.15) is 18.9 Å². The van der Waals surface area contributed by atoms with Gasteiger partial charge in [-0.1, -0.05) is 25.1 Å². The highest BCUT2D eigenvalue weighted by atomic mass is 19.1. The molecule has 1 heterocycles. The van der Waals surface area contributed by atoms with Crippen LogP contribution in [0.15, 0.2) is 42.7 Å². The lowest BCUT2D eigenvalue weighted by atomic mass is 10.1. The lowest BCUT2D eigenvalue weighted by molar-refractivity contribution is 0.587. The van der Waals surface area contributed by atoms with Crippen molar-refractivity contribution in [2.45, 2.75) is 19.9 Å². The maximum atomic E-state index is 13.9. The minimum atomic E-state index is -0.167. The van der Waals surface area contributed by atoms with Crippen molar-refractivity contribution in [2.24, 2.45) is 0 Å². The first kappa shape index (κ1) is 12.7. The lowest BCUT2D eigenvalue weighted by Crippen LogP contribution is -2.14. The Morgan fingerprint density at radius 3 is 2.78 bits per heavy atom. The third kappa shape index (κ3) is 3.14. The van der Waals surface area contributed by atoms with Crippen LogP contribution in [0.2, 0.25) is 0 Å². The van der Waals surface area contributed by atoms with Crippen molar-refractivity contribution in [3.8, 4) is 11.1 Å². The number of nitrogens with zero attached hydrogens (tertiary/aromatic N) is 1. The van der Waals surface area contributed by atoms with Gasteiger partial charge in [-0.2, -0.15) is 0 Å². The molecule has 2 nitrogen and oxygen atoms in total. The standard InChI is InChI=1S/C15H17FN2/c1-2-7-17-11-14-6-5-12(9-15(14)16)13-4-3-8-18-10-13/h3-6,8-10,17H,2,7,11H2,1H3. The number of nitrogens with one attached hydrogen (secondary N) is 1. The van der Waals surface area contributed by atoms with Crippen molar-refractivity contribution < 1.29 is 4.39 Å². The summed E-state index contributed by atoms with van der Waals surface area (Å²) in [5.41, 5.74) is 2.50. The number of benzene rings is 1. The van der Waals surface area contributed by atoms with Gasteiger partial charge in [-0.05, 0) is 30.7 Å². The summed E-state index contributed by atoms with van der Waals surface area (Å²) < 4.78 is 13.9. The first-order valence-corrected chi connectivity index (χ1v) is 6.21. The lowest BCUT2D eigenvalue weighted by Gasteiger charge is -2.07. The molecule has 1 N–H and O–H groups in total. The van der Waals surface area contributed by atoms with Crippen LogP contribution in [0, 0.1) is 5.82 Å². The molecule has 0 aliphatic rings. The molecule has 18 heavy (non-hydrogen) atoms. The molecule has 2 rings (SSSR count). The maximum absolute atomic E-state index is 13.9. The van der Waals surface area contributed by atoms with E-state index >= 15 is 0 Å². The number of pyridine rings is 1. The Hall–Kier alpha value is -1.74. The molecule has 1 aromatic carbocycles. The molecule has 0 saturated carbocycles. The smallest absolute Gasteiger partial charge is 0.128 e. The van der Waals surface area contributed by atoms with Crippen LogP contribution < -0.4 is 5.32 Å². The van der Waals surface area contributed by atoms with Gasteiger partial charge in [0.1, 0.15) is 5.82 Å². The second-order valence-corrected chi connectivity index (χ2v) is 4.22. The summed E-state index contributed by atoms with van der Waals surface area (Å²) in [6.45, 7) is 3.58. The topological polar surface area (TPSA) is 24.9 Å². The second kappa shape index (κ2) is 6.26. The minimum absolute atomic E-state index is 0.167. The zero-order valence-corrected chi connectivity index (χ0v) is 10.5. The summed E-state index contributed by atoms with van der Waals surface area (Å²) in [5.74, 6) is -0.167. The summed E-state index contributed by atoms with van der Waals surface area (Å²) in [5, 5.41) is 3.20. The third-order valence-electron chi connectivity index (χ3n) is 2.79. The van der Waals surface area contributed by atoms with Crippen molar-refractivity contribution in [3.63, 3.8) is 0 Å². The van der Waals surface area contributed by atoms with Crippen LogP contribution in [0.4, 0.5) is 4.39 Å². The van der Waals surface area contributed by atoms with Gasteiger partial charge in [0, 0.05) is 30.1 Å². The monoisotopic (exact) mass is 244 g/mol. The fourth-order valence-corrected chi connectivity index (χ4v) is 1.80. The van der Waals surface area contributed by atoms with Crippen LogP contribution in [0.5, 0.6) is 0 Å². The fraction of sp³-hybridized carbons (Fsp3) is 0.267. The van der Waals surface area contributed by atoms with E-state index in [1.807, 2.05) is 24.3 Å². The van der Waals surface area contributed by atoms with Gasteiger partial charge in [-0.15, -0.1) is 0 Å². The molecule has 3 heteroatoms. The molecule has 0 fully saturated rings. The average Bonchev–Trinajstić information content (AvgIpc) is 2.42. The quantitative estimate of drug-likeness (QED) is 0.815. The zero-order chi connectivity index (χ0) is 12.8. The van der Waals surface area contributed by atoms with E-state index in [1.54, 1.807) is 18.5 Å². The number of aromatic nitrogens is 1. The largest absolute Gasteiger partial charge is 0.313 e. The highest BCUT2D eigenvalue weighted by Crippen LogP contribution is 2.20. The molecule has 0 atom stereocenters. The summed E-state index contributed by atoms with van der Waals surface area (Å²) in [4.78, 5) is 4.04. The van der Waals surface area contributed by atoms with Crippen LogP contribution in [0.25, 0.3) is 11.1 Å². The number of hydrogen-bond acceptors (Lipinski definition) is 2. The van der Waals surface area contributed by atoms with Crippen LogP contribution in [-0.4, -0.2) is 11.5 Å². The molecule has 0 bridgehead atoms. The molecular formula is C15H17FN2. The Labute approximate surface area is 107 Å². The SMILES string of the molecule is CCCNCc1ccc(-c2cccnc2)cc1F. The Bertz CT molecular complexity index is 497. The molecule has 0 saturated heterocycles. The van der Waals surface area contributed by atoms with Gasteiger partial charge in [0.15, 0.2) is 0 Å². The second-order valence-electron chi connectivity index (χ2n) is 4.22. The molecule has 0 amide bonds. The minimum Gasteiger partial charge on any atom is -0.313 e. The van der Waals surface area contributed by atoms with Crippen molar-refractivity contribution >= 4 is 0 Å². The molecule has 0 spiro atoms. The Balaban J connectivity index is 2.15. The number of halogens is 1. The highest BCUT2D eigenvalue weighted by Gasteiger charge is 2.04. The molecule has 1 aromatic heterocycles. The number of hydrogen-bond donors (Lipinski definition) is 1. The summed E-state index contributed by atoms with van der Waals surface area (Å²) in [7, 11) is 0. The van der Waals surface area contributed by atoms with Crippen LogP contribution in [-0.2, 0) is 6.54 Å². The van der Waals surface area contributed by atoms with Crippen molar-refractivity contribution in [1.29, 1.82) is 0 Å². The molecule has 0 radical (unpaired) electrons. The van der Waals surface area contributed by atoms with Gasteiger partial charge in [0.25, 0.3) is 0 Å². The van der Waals surface area contributed by atoms with Gasteiger partial charge in [-0.25, -0.2) is 4.39 Å². The van der Waals surface area contributed by atoms with E-state index in [9.17, 15) is 4.39 Å². The fourth-order valence-electron chi connectivity index (χ4n) is 1.80. The van der Waals surface area contributed by atoms with E-state index in [0.717, 1.165) is 24.1 Å².